The molecule has 3 fully saturated rings. The molecule has 6 rings (SSSR count). The van der Waals surface area contributed by atoms with Gasteiger partial charge < -0.3 is 29.8 Å². The van der Waals surface area contributed by atoms with Gasteiger partial charge in [-0.2, -0.15) is 0 Å². The van der Waals surface area contributed by atoms with Crippen molar-refractivity contribution in [3.63, 3.8) is 0 Å². The number of nitrogens with one attached hydrogen (secondary N) is 2. The van der Waals surface area contributed by atoms with Crippen LogP contribution in [0.2, 0.25) is 0 Å². The number of oxazole rings is 1. The molecule has 3 heterocycles. The molecule has 10 nitrogen and oxygen atoms in total. The summed E-state index contributed by atoms with van der Waals surface area (Å²) in [6.07, 6.45) is 5.76. The van der Waals surface area contributed by atoms with Crippen LogP contribution in [0, 0.1) is 6.92 Å². The molecule has 1 saturated carbocycles. The van der Waals surface area contributed by atoms with E-state index >= 15 is 0 Å². The van der Waals surface area contributed by atoms with Crippen molar-refractivity contribution in [2.75, 3.05) is 60.9 Å². The first-order valence-electron chi connectivity index (χ1n) is 15.0. The van der Waals surface area contributed by atoms with E-state index in [2.05, 4.69) is 56.6 Å². The van der Waals surface area contributed by atoms with Gasteiger partial charge in [0.15, 0.2) is 5.89 Å². The van der Waals surface area contributed by atoms with Crippen LogP contribution in [0.5, 0.6) is 0 Å². The molecule has 3 aliphatic rings. The van der Waals surface area contributed by atoms with Crippen LogP contribution < -0.4 is 20.4 Å². The maximum atomic E-state index is 13.2. The van der Waals surface area contributed by atoms with Crippen LogP contribution >= 0.6 is 0 Å². The Kier molecular flexibility index (Phi) is 8.12. The van der Waals surface area contributed by atoms with Crippen molar-refractivity contribution >= 4 is 34.8 Å². The first kappa shape index (κ1) is 27.8. The largest absolute Gasteiger partial charge is 0.435 e. The Hall–Kier alpha value is -4.34. The van der Waals surface area contributed by atoms with Crippen LogP contribution in [0.3, 0.4) is 0 Å². The molecule has 0 radical (unpaired) electrons. The van der Waals surface area contributed by atoms with E-state index in [1.54, 1.807) is 12.1 Å². The molecule has 2 aliphatic heterocycles. The average Bonchev–Trinajstić information content (AvgIpc) is 3.59. The van der Waals surface area contributed by atoms with Crippen LogP contribution in [0.4, 0.5) is 17.1 Å². The van der Waals surface area contributed by atoms with Crippen LogP contribution in [-0.2, 0) is 4.79 Å². The number of hydrogen-bond acceptors (Lipinski definition) is 7. The van der Waals surface area contributed by atoms with Crippen LogP contribution in [0.25, 0.3) is 0 Å². The van der Waals surface area contributed by atoms with Gasteiger partial charge in [0.2, 0.25) is 11.7 Å². The molecule has 0 atom stereocenters. The maximum absolute atomic E-state index is 13.2. The third kappa shape index (κ3) is 6.27. The van der Waals surface area contributed by atoms with Crippen molar-refractivity contribution < 1.29 is 18.8 Å². The SMILES string of the molecule is Cc1ccccc1N1CCN(c2ccc(C(=O)NCCCN3CCCC3=O)cc2NC(=O)c2cnc(C3CC3)o2)CC1. The van der Waals surface area contributed by atoms with Crippen molar-refractivity contribution in [1.82, 2.24) is 15.2 Å². The van der Waals surface area contributed by atoms with Gasteiger partial charge in [-0.3, -0.25) is 14.4 Å². The number of carbonyl (C=O) groups excluding carboxylic acids is 3. The number of rotatable bonds is 10. The van der Waals surface area contributed by atoms with E-state index in [9.17, 15) is 14.4 Å². The van der Waals surface area contributed by atoms with E-state index in [1.165, 1.54) is 17.4 Å². The molecule has 2 N–H and O–H groups in total. The highest BCUT2D eigenvalue weighted by Gasteiger charge is 2.30. The minimum Gasteiger partial charge on any atom is -0.435 e. The van der Waals surface area contributed by atoms with Gasteiger partial charge in [0.25, 0.3) is 11.8 Å². The fraction of sp³-hybridized carbons (Fsp3) is 0.438. The minimum atomic E-state index is -0.387. The number of carbonyl (C=O) groups is 3. The smallest absolute Gasteiger partial charge is 0.293 e. The highest BCUT2D eigenvalue weighted by Crippen LogP contribution is 2.39. The van der Waals surface area contributed by atoms with Gasteiger partial charge in [-0.05, 0) is 62.4 Å². The second-order valence-electron chi connectivity index (χ2n) is 11.4. The third-order valence-electron chi connectivity index (χ3n) is 8.32. The lowest BCUT2D eigenvalue weighted by Gasteiger charge is -2.38. The molecule has 2 aromatic carbocycles. The molecule has 0 bridgehead atoms. The number of hydrogen-bond donors (Lipinski definition) is 2. The number of para-hydroxylation sites is 1. The standard InChI is InChI=1S/C32H38N6O4/c1-22-6-2-3-7-26(22)36-16-18-37(19-17-36)27-12-11-24(30(40)33-13-5-15-38-14-4-8-29(38)39)20-25(27)35-31(41)28-21-34-32(42-28)23-9-10-23/h2-3,6-7,11-12,20-21,23H,4-5,8-10,13-19H2,1H3,(H,33,40)(H,35,41). The van der Waals surface area contributed by atoms with Crippen molar-refractivity contribution in [3.05, 3.63) is 71.4 Å². The van der Waals surface area contributed by atoms with E-state index < -0.39 is 0 Å². The Balaban J connectivity index is 1.15. The molecule has 0 unspecified atom stereocenters. The normalized spacial score (nSPS) is 17.1. The molecule has 1 aliphatic carbocycles. The summed E-state index contributed by atoms with van der Waals surface area (Å²) >= 11 is 0. The Morgan fingerprint density at radius 1 is 0.976 bits per heavy atom. The quantitative estimate of drug-likeness (QED) is 0.352. The molecule has 0 spiro atoms. The zero-order chi connectivity index (χ0) is 29.1. The zero-order valence-corrected chi connectivity index (χ0v) is 24.1. The summed E-state index contributed by atoms with van der Waals surface area (Å²) in [6, 6.07) is 13.8. The summed E-state index contributed by atoms with van der Waals surface area (Å²) in [5.41, 5.74) is 4.37. The van der Waals surface area contributed by atoms with Crippen LogP contribution in [0.1, 0.15) is 70.4 Å². The predicted octanol–water partition coefficient (Wildman–Crippen LogP) is 4.18. The number of piperazine rings is 1. The molecule has 42 heavy (non-hydrogen) atoms. The number of amides is 3. The van der Waals surface area contributed by atoms with Crippen LogP contribution in [0.15, 0.2) is 53.1 Å². The Morgan fingerprint density at radius 2 is 1.74 bits per heavy atom. The summed E-state index contributed by atoms with van der Waals surface area (Å²) in [5, 5.41) is 5.96. The molecular weight excluding hydrogens is 532 g/mol. The molecule has 10 heteroatoms. The van der Waals surface area contributed by atoms with E-state index in [-0.39, 0.29) is 23.5 Å². The fourth-order valence-corrected chi connectivity index (χ4v) is 5.77. The van der Waals surface area contributed by atoms with Crippen molar-refractivity contribution in [2.24, 2.45) is 0 Å². The summed E-state index contributed by atoms with van der Waals surface area (Å²) in [4.78, 5) is 48.9. The predicted molar refractivity (Wildman–Crippen MR) is 161 cm³/mol. The second-order valence-corrected chi connectivity index (χ2v) is 11.4. The van der Waals surface area contributed by atoms with E-state index in [4.69, 9.17) is 4.42 Å². The molecule has 3 amide bonds. The molecular formula is C32H38N6O4. The van der Waals surface area contributed by atoms with Gasteiger partial charge in [0.1, 0.15) is 0 Å². The lowest BCUT2D eigenvalue weighted by molar-refractivity contribution is -0.127. The number of aryl methyl sites for hydroxylation is 1. The van der Waals surface area contributed by atoms with Gasteiger partial charge >= 0.3 is 0 Å². The highest BCUT2D eigenvalue weighted by atomic mass is 16.4. The first-order valence-corrected chi connectivity index (χ1v) is 15.0. The zero-order valence-electron chi connectivity index (χ0n) is 24.1. The van der Waals surface area contributed by atoms with Crippen molar-refractivity contribution in [1.29, 1.82) is 0 Å². The molecule has 3 aromatic rings. The maximum Gasteiger partial charge on any atom is 0.293 e. The lowest BCUT2D eigenvalue weighted by Crippen LogP contribution is -2.47. The van der Waals surface area contributed by atoms with Gasteiger partial charge in [-0.25, -0.2) is 4.98 Å². The molecule has 220 valence electrons. The molecule has 1 aromatic heterocycles. The van der Waals surface area contributed by atoms with Gasteiger partial charge in [-0.15, -0.1) is 0 Å². The summed E-state index contributed by atoms with van der Waals surface area (Å²) in [5.74, 6) is 0.664. The van der Waals surface area contributed by atoms with Crippen molar-refractivity contribution in [2.45, 2.75) is 44.9 Å². The number of anilines is 3. The van der Waals surface area contributed by atoms with Crippen molar-refractivity contribution in [3.8, 4) is 0 Å². The van der Waals surface area contributed by atoms with Gasteiger partial charge in [0.05, 0.1) is 17.6 Å². The number of benzene rings is 2. The van der Waals surface area contributed by atoms with Crippen LogP contribution in [-0.4, -0.2) is 73.4 Å². The van der Waals surface area contributed by atoms with E-state index in [0.29, 0.717) is 49.0 Å². The van der Waals surface area contributed by atoms with Gasteiger partial charge in [0, 0.05) is 69.4 Å². The summed E-state index contributed by atoms with van der Waals surface area (Å²) in [6.45, 7) is 7.26. The number of nitrogens with zero attached hydrogens (tertiary/aromatic N) is 4. The van der Waals surface area contributed by atoms with E-state index in [1.807, 2.05) is 11.0 Å². The Morgan fingerprint density at radius 3 is 2.45 bits per heavy atom. The fourth-order valence-electron chi connectivity index (χ4n) is 5.77. The average molecular weight is 571 g/mol. The molecule has 2 saturated heterocycles. The van der Waals surface area contributed by atoms with Gasteiger partial charge in [-0.1, -0.05) is 18.2 Å². The number of likely N-dealkylation sites (tertiary alicyclic amines) is 1. The topological polar surface area (TPSA) is 111 Å². The van der Waals surface area contributed by atoms with E-state index in [0.717, 1.165) is 57.7 Å². The lowest BCUT2D eigenvalue weighted by atomic mass is 10.1. The minimum absolute atomic E-state index is 0.165. The second kappa shape index (κ2) is 12.3. The summed E-state index contributed by atoms with van der Waals surface area (Å²) in [7, 11) is 0. The summed E-state index contributed by atoms with van der Waals surface area (Å²) < 4.78 is 5.74. The Bertz CT molecular complexity index is 1460. The highest BCUT2D eigenvalue weighted by molar-refractivity contribution is 6.05. The Labute approximate surface area is 246 Å². The monoisotopic (exact) mass is 570 g/mol. The first-order chi connectivity index (χ1) is 20.5. The number of aromatic nitrogens is 1. The third-order valence-corrected chi connectivity index (χ3v) is 8.32.